The number of hydrogen-bond acceptors (Lipinski definition) is 5. The minimum atomic E-state index is 0.285. The summed E-state index contributed by atoms with van der Waals surface area (Å²) in [5.41, 5.74) is 1.73. The highest BCUT2D eigenvalue weighted by molar-refractivity contribution is 5.90. The van der Waals surface area contributed by atoms with E-state index >= 15 is 0 Å². The van der Waals surface area contributed by atoms with Gasteiger partial charge < -0.3 is 15.4 Å². The van der Waals surface area contributed by atoms with E-state index in [-0.39, 0.29) is 6.04 Å². The SMILES string of the molecule is COc1ccccc1Nc1nc(NC(C)C)c2ccccc2n1. The van der Waals surface area contributed by atoms with Gasteiger partial charge in [-0.2, -0.15) is 4.98 Å². The first-order chi connectivity index (χ1) is 11.2. The zero-order valence-corrected chi connectivity index (χ0v) is 13.5. The Hall–Kier alpha value is -2.82. The molecule has 0 fully saturated rings. The van der Waals surface area contributed by atoms with E-state index in [1.54, 1.807) is 7.11 Å². The highest BCUT2D eigenvalue weighted by Gasteiger charge is 2.10. The lowest BCUT2D eigenvalue weighted by Crippen LogP contribution is -2.12. The van der Waals surface area contributed by atoms with E-state index in [9.17, 15) is 0 Å². The molecule has 118 valence electrons. The first kappa shape index (κ1) is 15.1. The van der Waals surface area contributed by atoms with Crippen molar-refractivity contribution in [3.63, 3.8) is 0 Å². The van der Waals surface area contributed by atoms with Crippen LogP contribution in [0.1, 0.15) is 13.8 Å². The van der Waals surface area contributed by atoms with E-state index < -0.39 is 0 Å². The third-order valence-electron chi connectivity index (χ3n) is 3.38. The molecule has 23 heavy (non-hydrogen) atoms. The van der Waals surface area contributed by atoms with Gasteiger partial charge in [-0.3, -0.25) is 0 Å². The molecule has 0 aliphatic heterocycles. The Morgan fingerprint density at radius 2 is 1.70 bits per heavy atom. The molecule has 0 radical (unpaired) electrons. The fourth-order valence-electron chi connectivity index (χ4n) is 2.38. The van der Waals surface area contributed by atoms with Gasteiger partial charge in [0.2, 0.25) is 5.95 Å². The van der Waals surface area contributed by atoms with Gasteiger partial charge in [0, 0.05) is 11.4 Å². The highest BCUT2D eigenvalue weighted by Crippen LogP contribution is 2.28. The molecule has 0 atom stereocenters. The van der Waals surface area contributed by atoms with Gasteiger partial charge in [-0.05, 0) is 38.1 Å². The zero-order valence-electron chi connectivity index (χ0n) is 13.5. The average Bonchev–Trinajstić information content (AvgIpc) is 2.55. The molecule has 0 unspecified atom stereocenters. The number of benzene rings is 2. The van der Waals surface area contributed by atoms with Gasteiger partial charge in [0.15, 0.2) is 0 Å². The summed E-state index contributed by atoms with van der Waals surface area (Å²) in [5, 5.41) is 7.63. The van der Waals surface area contributed by atoms with Crippen LogP contribution in [0.3, 0.4) is 0 Å². The molecule has 2 N–H and O–H groups in total. The monoisotopic (exact) mass is 308 g/mol. The number of aromatic nitrogens is 2. The molecule has 3 rings (SSSR count). The Balaban J connectivity index is 2.04. The van der Waals surface area contributed by atoms with Gasteiger partial charge in [0.05, 0.1) is 18.3 Å². The van der Waals surface area contributed by atoms with Crippen LogP contribution in [0, 0.1) is 0 Å². The van der Waals surface area contributed by atoms with Crippen LogP contribution in [-0.4, -0.2) is 23.1 Å². The first-order valence-electron chi connectivity index (χ1n) is 7.60. The average molecular weight is 308 g/mol. The third kappa shape index (κ3) is 3.34. The lowest BCUT2D eigenvalue weighted by atomic mass is 10.2. The van der Waals surface area contributed by atoms with Gasteiger partial charge in [0.1, 0.15) is 11.6 Å². The Bertz CT molecular complexity index is 817. The fraction of sp³-hybridized carbons (Fsp3) is 0.222. The second-order valence-corrected chi connectivity index (χ2v) is 5.54. The van der Waals surface area contributed by atoms with Crippen molar-refractivity contribution < 1.29 is 4.74 Å². The van der Waals surface area contributed by atoms with Crippen LogP contribution >= 0.6 is 0 Å². The van der Waals surface area contributed by atoms with Gasteiger partial charge in [-0.25, -0.2) is 4.98 Å². The predicted molar refractivity (Wildman–Crippen MR) is 94.6 cm³/mol. The summed E-state index contributed by atoms with van der Waals surface area (Å²) in [4.78, 5) is 9.22. The number of fused-ring (bicyclic) bond motifs is 1. The standard InChI is InChI=1S/C18H20N4O/c1-12(2)19-17-13-8-4-5-9-14(13)20-18(22-17)21-15-10-6-7-11-16(15)23-3/h4-12H,1-3H3,(H2,19,20,21,22). The maximum atomic E-state index is 5.37. The number of para-hydroxylation sites is 3. The van der Waals surface area contributed by atoms with Gasteiger partial charge >= 0.3 is 0 Å². The largest absolute Gasteiger partial charge is 0.495 e. The van der Waals surface area contributed by atoms with Gasteiger partial charge in [0.25, 0.3) is 0 Å². The molecule has 0 aliphatic carbocycles. The molecule has 0 saturated heterocycles. The lowest BCUT2D eigenvalue weighted by molar-refractivity contribution is 0.417. The first-order valence-corrected chi connectivity index (χ1v) is 7.60. The van der Waals surface area contributed by atoms with E-state index in [1.807, 2.05) is 48.5 Å². The quantitative estimate of drug-likeness (QED) is 0.739. The summed E-state index contributed by atoms with van der Waals surface area (Å²) in [6.07, 6.45) is 0. The van der Waals surface area contributed by atoms with Crippen LogP contribution in [0.15, 0.2) is 48.5 Å². The molecule has 3 aromatic rings. The van der Waals surface area contributed by atoms with Crippen LogP contribution < -0.4 is 15.4 Å². The molecule has 0 aliphatic rings. The van der Waals surface area contributed by atoms with Crippen LogP contribution in [0.5, 0.6) is 5.75 Å². The topological polar surface area (TPSA) is 59.1 Å². The van der Waals surface area contributed by atoms with E-state index in [0.717, 1.165) is 28.2 Å². The normalized spacial score (nSPS) is 10.8. The smallest absolute Gasteiger partial charge is 0.229 e. The lowest BCUT2D eigenvalue weighted by Gasteiger charge is -2.14. The molecule has 1 aromatic heterocycles. The molecule has 5 nitrogen and oxygen atoms in total. The minimum Gasteiger partial charge on any atom is -0.495 e. The highest BCUT2D eigenvalue weighted by atomic mass is 16.5. The Morgan fingerprint density at radius 3 is 2.48 bits per heavy atom. The maximum Gasteiger partial charge on any atom is 0.229 e. The summed E-state index contributed by atoms with van der Waals surface area (Å²) < 4.78 is 5.37. The van der Waals surface area contributed by atoms with Crippen LogP contribution in [0.4, 0.5) is 17.5 Å². The van der Waals surface area contributed by atoms with Crippen LogP contribution in [0.2, 0.25) is 0 Å². The van der Waals surface area contributed by atoms with E-state index in [4.69, 9.17) is 4.74 Å². The minimum absolute atomic E-state index is 0.285. The molecule has 2 aromatic carbocycles. The van der Waals surface area contributed by atoms with Crippen molar-refractivity contribution >= 4 is 28.4 Å². The number of nitrogens with zero attached hydrogens (tertiary/aromatic N) is 2. The fourth-order valence-corrected chi connectivity index (χ4v) is 2.38. The second-order valence-electron chi connectivity index (χ2n) is 5.54. The summed E-state index contributed by atoms with van der Waals surface area (Å²) in [6, 6.07) is 16.0. The predicted octanol–water partition coefficient (Wildman–Crippen LogP) is 4.20. The number of ether oxygens (including phenoxy) is 1. The van der Waals surface area contributed by atoms with Crippen LogP contribution in [-0.2, 0) is 0 Å². The zero-order chi connectivity index (χ0) is 16.2. The summed E-state index contributed by atoms with van der Waals surface area (Å²) in [7, 11) is 1.65. The van der Waals surface area contributed by atoms with Crippen molar-refractivity contribution in [1.82, 2.24) is 9.97 Å². The van der Waals surface area contributed by atoms with Crippen molar-refractivity contribution in [3.8, 4) is 5.75 Å². The summed E-state index contributed by atoms with van der Waals surface area (Å²) in [5.74, 6) is 2.11. The third-order valence-corrected chi connectivity index (χ3v) is 3.38. The van der Waals surface area contributed by atoms with Crippen molar-refractivity contribution in [2.24, 2.45) is 0 Å². The van der Waals surface area contributed by atoms with Crippen molar-refractivity contribution in [3.05, 3.63) is 48.5 Å². The Labute approximate surface area is 135 Å². The summed E-state index contributed by atoms with van der Waals surface area (Å²) >= 11 is 0. The number of methoxy groups -OCH3 is 1. The van der Waals surface area contributed by atoms with Gasteiger partial charge in [-0.15, -0.1) is 0 Å². The molecule has 1 heterocycles. The number of hydrogen-bond donors (Lipinski definition) is 2. The van der Waals surface area contributed by atoms with Crippen molar-refractivity contribution in [2.45, 2.75) is 19.9 Å². The van der Waals surface area contributed by atoms with E-state index in [0.29, 0.717) is 5.95 Å². The molecule has 0 amide bonds. The number of nitrogens with one attached hydrogen (secondary N) is 2. The van der Waals surface area contributed by atoms with E-state index in [1.165, 1.54) is 0 Å². The molecular formula is C18H20N4O. The maximum absolute atomic E-state index is 5.37. The van der Waals surface area contributed by atoms with Crippen molar-refractivity contribution in [1.29, 1.82) is 0 Å². The molecule has 0 bridgehead atoms. The second kappa shape index (κ2) is 6.52. The Morgan fingerprint density at radius 1 is 0.957 bits per heavy atom. The number of rotatable bonds is 5. The molecule has 0 saturated carbocycles. The van der Waals surface area contributed by atoms with Crippen molar-refractivity contribution in [2.75, 3.05) is 17.7 Å². The Kier molecular flexibility index (Phi) is 4.28. The van der Waals surface area contributed by atoms with Gasteiger partial charge in [-0.1, -0.05) is 24.3 Å². The molecular weight excluding hydrogens is 288 g/mol. The molecule has 5 heteroatoms. The molecule has 0 spiro atoms. The van der Waals surface area contributed by atoms with E-state index in [2.05, 4.69) is 34.4 Å². The number of anilines is 3. The van der Waals surface area contributed by atoms with Crippen LogP contribution in [0.25, 0.3) is 10.9 Å². The summed E-state index contributed by atoms with van der Waals surface area (Å²) in [6.45, 7) is 4.18.